The second-order valence-corrected chi connectivity index (χ2v) is 7.22. The molecule has 4 nitrogen and oxygen atoms in total. The van der Waals surface area contributed by atoms with Crippen LogP contribution >= 0.6 is 22.9 Å². The molecule has 0 saturated carbocycles. The molecule has 0 radical (unpaired) electrons. The van der Waals surface area contributed by atoms with Crippen molar-refractivity contribution in [3.8, 4) is 10.6 Å². The zero-order valence-corrected chi connectivity index (χ0v) is 15.6. The van der Waals surface area contributed by atoms with E-state index in [4.69, 9.17) is 11.6 Å². The smallest absolute Gasteiger partial charge is 0.311 e. The number of carboxylic acid groups (broad SMARTS) is 1. The monoisotopic (exact) mass is 403 g/mol. The number of hydrogen-bond donors (Lipinski definition) is 1. The van der Waals surface area contributed by atoms with Crippen LogP contribution in [0.5, 0.6) is 0 Å². The Kier molecular flexibility index (Phi) is 5.98. The summed E-state index contributed by atoms with van der Waals surface area (Å²) in [5.41, 5.74) is 1.32. The maximum atomic E-state index is 13.9. The number of benzene rings is 2. The van der Waals surface area contributed by atoms with Crippen LogP contribution in [0.2, 0.25) is 5.02 Å². The molecule has 1 heterocycles. The van der Waals surface area contributed by atoms with E-state index < -0.39 is 17.7 Å². The minimum absolute atomic E-state index is 0.00776. The van der Waals surface area contributed by atoms with Gasteiger partial charge in [-0.05, 0) is 12.1 Å². The van der Waals surface area contributed by atoms with Gasteiger partial charge in [-0.3, -0.25) is 9.59 Å². The molecule has 1 aromatic heterocycles. The van der Waals surface area contributed by atoms with Crippen molar-refractivity contribution >= 4 is 34.7 Å². The molecule has 138 valence electrons. The van der Waals surface area contributed by atoms with Crippen LogP contribution in [-0.4, -0.2) is 21.8 Å². The van der Waals surface area contributed by atoms with Gasteiger partial charge in [0.1, 0.15) is 16.6 Å². The molecule has 3 aromatic rings. The van der Waals surface area contributed by atoms with E-state index in [-0.39, 0.29) is 24.2 Å². The van der Waals surface area contributed by atoms with Crippen LogP contribution in [0, 0.1) is 5.82 Å². The van der Waals surface area contributed by atoms with E-state index in [1.54, 1.807) is 17.5 Å². The Balaban J connectivity index is 1.73. The Labute approximate surface area is 164 Å². The van der Waals surface area contributed by atoms with Crippen LogP contribution in [0.4, 0.5) is 4.39 Å². The molecule has 27 heavy (non-hydrogen) atoms. The van der Waals surface area contributed by atoms with Gasteiger partial charge >= 0.3 is 5.97 Å². The fourth-order valence-electron chi connectivity index (χ4n) is 2.74. The molecular weight excluding hydrogens is 389 g/mol. The highest BCUT2D eigenvalue weighted by atomic mass is 35.5. The van der Waals surface area contributed by atoms with Gasteiger partial charge in [0.25, 0.3) is 0 Å². The lowest BCUT2D eigenvalue weighted by atomic mass is 9.92. The van der Waals surface area contributed by atoms with Gasteiger partial charge in [-0.25, -0.2) is 9.37 Å². The van der Waals surface area contributed by atoms with Gasteiger partial charge in [0, 0.05) is 29.3 Å². The van der Waals surface area contributed by atoms with E-state index in [0.717, 1.165) is 5.56 Å². The average Bonchev–Trinajstić information content (AvgIpc) is 3.08. The van der Waals surface area contributed by atoms with E-state index in [2.05, 4.69) is 4.98 Å². The molecule has 0 aliphatic rings. The predicted octanol–water partition coefficient (Wildman–Crippen LogP) is 4.97. The number of aromatic nitrogens is 1. The van der Waals surface area contributed by atoms with E-state index in [1.165, 1.54) is 29.5 Å². The second kappa shape index (κ2) is 8.41. The summed E-state index contributed by atoms with van der Waals surface area (Å²) in [7, 11) is 0. The Morgan fingerprint density at radius 1 is 1.15 bits per heavy atom. The largest absolute Gasteiger partial charge is 0.481 e. The summed E-state index contributed by atoms with van der Waals surface area (Å²) in [5.74, 6) is -3.40. The summed E-state index contributed by atoms with van der Waals surface area (Å²) in [5, 5.41) is 12.4. The first-order valence-electron chi connectivity index (χ1n) is 8.14. The molecule has 3 rings (SSSR count). The highest BCUT2D eigenvalue weighted by Crippen LogP contribution is 2.30. The molecule has 0 aliphatic carbocycles. The lowest BCUT2D eigenvalue weighted by Gasteiger charge is -2.12. The van der Waals surface area contributed by atoms with Crippen LogP contribution in [0.1, 0.15) is 23.6 Å². The first-order valence-corrected chi connectivity index (χ1v) is 9.39. The van der Waals surface area contributed by atoms with E-state index >= 15 is 0 Å². The maximum absolute atomic E-state index is 13.9. The Hall–Kier alpha value is -2.57. The molecule has 0 bridgehead atoms. The number of ketones is 1. The molecule has 1 atom stereocenters. The van der Waals surface area contributed by atoms with E-state index in [1.807, 2.05) is 18.2 Å². The summed E-state index contributed by atoms with van der Waals surface area (Å²) in [4.78, 5) is 28.3. The quantitative estimate of drug-likeness (QED) is 0.604. The van der Waals surface area contributed by atoms with Crippen LogP contribution in [0.25, 0.3) is 10.6 Å². The standard InChI is InChI=1S/C20H15ClFNO3S/c21-17-7-3-1-6-15(17)19-23-12(11-27-19)9-13(24)10-16(20(25)26)14-5-2-4-8-18(14)22/h1-8,11,16H,9-10H2,(H,25,26). The Morgan fingerprint density at radius 2 is 1.85 bits per heavy atom. The number of carboxylic acids is 1. The zero-order valence-electron chi connectivity index (χ0n) is 14.1. The topological polar surface area (TPSA) is 67.3 Å². The fourth-order valence-corrected chi connectivity index (χ4v) is 3.88. The molecule has 0 spiro atoms. The Morgan fingerprint density at radius 3 is 2.56 bits per heavy atom. The molecule has 0 amide bonds. The number of halogens is 2. The van der Waals surface area contributed by atoms with Gasteiger partial charge < -0.3 is 5.11 Å². The third kappa shape index (κ3) is 4.59. The summed E-state index contributed by atoms with van der Waals surface area (Å²) < 4.78 is 13.9. The highest BCUT2D eigenvalue weighted by Gasteiger charge is 2.26. The third-order valence-electron chi connectivity index (χ3n) is 4.04. The highest BCUT2D eigenvalue weighted by molar-refractivity contribution is 7.13. The van der Waals surface area contributed by atoms with Crippen molar-refractivity contribution in [2.45, 2.75) is 18.8 Å². The molecule has 0 saturated heterocycles. The number of carbonyl (C=O) groups is 2. The average molecular weight is 404 g/mol. The lowest BCUT2D eigenvalue weighted by molar-refractivity contribution is -0.140. The molecular formula is C20H15ClFNO3S. The van der Waals surface area contributed by atoms with Crippen molar-refractivity contribution in [3.05, 3.63) is 76.0 Å². The van der Waals surface area contributed by atoms with E-state index in [9.17, 15) is 19.1 Å². The number of Topliss-reactive ketones (excluding diaryl/α,β-unsaturated/α-hetero) is 1. The molecule has 7 heteroatoms. The molecule has 1 unspecified atom stereocenters. The number of thiazole rings is 1. The predicted molar refractivity (Wildman–Crippen MR) is 103 cm³/mol. The van der Waals surface area contributed by atoms with Crippen molar-refractivity contribution in [1.29, 1.82) is 0 Å². The molecule has 1 N–H and O–H groups in total. The number of aliphatic carboxylic acids is 1. The summed E-state index contributed by atoms with van der Waals surface area (Å²) in [6.45, 7) is 0. The first-order chi connectivity index (χ1) is 13.0. The SMILES string of the molecule is O=C(Cc1csc(-c2ccccc2Cl)n1)CC(C(=O)O)c1ccccc1F. The van der Waals surface area contributed by atoms with Crippen molar-refractivity contribution in [2.24, 2.45) is 0 Å². The summed E-state index contributed by atoms with van der Waals surface area (Å²) in [6, 6.07) is 12.9. The van der Waals surface area contributed by atoms with Gasteiger partial charge in [0.2, 0.25) is 0 Å². The number of hydrogen-bond acceptors (Lipinski definition) is 4. The Bertz CT molecular complexity index is 989. The van der Waals surface area contributed by atoms with E-state index in [0.29, 0.717) is 15.7 Å². The van der Waals surface area contributed by atoms with Crippen LogP contribution in [0.15, 0.2) is 53.9 Å². The summed E-state index contributed by atoms with van der Waals surface area (Å²) in [6.07, 6.45) is -0.311. The van der Waals surface area contributed by atoms with Gasteiger partial charge in [-0.15, -0.1) is 11.3 Å². The van der Waals surface area contributed by atoms with Crippen LogP contribution < -0.4 is 0 Å². The normalized spacial score (nSPS) is 11.9. The first kappa shape index (κ1) is 19.2. The zero-order chi connectivity index (χ0) is 19.4. The minimum Gasteiger partial charge on any atom is -0.481 e. The number of nitrogens with zero attached hydrogens (tertiary/aromatic N) is 1. The second-order valence-electron chi connectivity index (χ2n) is 5.96. The molecule has 0 aliphatic heterocycles. The van der Waals surface area contributed by atoms with Crippen LogP contribution in [-0.2, 0) is 16.0 Å². The fraction of sp³-hybridized carbons (Fsp3) is 0.150. The van der Waals surface area contributed by atoms with Crippen molar-refractivity contribution in [1.82, 2.24) is 4.98 Å². The lowest BCUT2D eigenvalue weighted by Crippen LogP contribution is -2.18. The van der Waals surface area contributed by atoms with Gasteiger partial charge in [0.05, 0.1) is 16.6 Å². The number of carbonyl (C=O) groups excluding carboxylic acids is 1. The molecule has 2 aromatic carbocycles. The van der Waals surface area contributed by atoms with Crippen molar-refractivity contribution < 1.29 is 19.1 Å². The minimum atomic E-state index is -1.23. The maximum Gasteiger partial charge on any atom is 0.311 e. The third-order valence-corrected chi connectivity index (χ3v) is 5.30. The van der Waals surface area contributed by atoms with Crippen molar-refractivity contribution in [2.75, 3.05) is 0 Å². The van der Waals surface area contributed by atoms with Gasteiger partial charge in [-0.2, -0.15) is 0 Å². The van der Waals surface area contributed by atoms with Crippen LogP contribution in [0.3, 0.4) is 0 Å². The van der Waals surface area contributed by atoms with Gasteiger partial charge in [0.15, 0.2) is 0 Å². The number of rotatable bonds is 7. The van der Waals surface area contributed by atoms with Crippen molar-refractivity contribution in [3.63, 3.8) is 0 Å². The summed E-state index contributed by atoms with van der Waals surface area (Å²) >= 11 is 7.52. The molecule has 0 fully saturated rings. The van der Waals surface area contributed by atoms with Gasteiger partial charge in [-0.1, -0.05) is 48.0 Å².